The standard InChI is InChI=1S/C22H26O5/c1-5-15(23)21-17(25)9-13(10-18(21)26)19-11(2)22(27-4)12(3)20-14(19)7-6-8-16(20)24/h13,25H,5-10H2,1-4H3. The number of benzene rings is 1. The monoisotopic (exact) mass is 370 g/mol. The molecule has 1 aromatic carbocycles. The lowest BCUT2D eigenvalue weighted by atomic mass is 9.73. The van der Waals surface area contributed by atoms with Crippen LogP contribution in [-0.4, -0.2) is 29.6 Å². The number of methoxy groups -OCH3 is 1. The van der Waals surface area contributed by atoms with E-state index in [-0.39, 0.29) is 53.9 Å². The average Bonchev–Trinajstić information content (AvgIpc) is 2.61. The number of aliphatic hydroxyl groups excluding tert-OH is 1. The van der Waals surface area contributed by atoms with E-state index in [2.05, 4.69) is 0 Å². The van der Waals surface area contributed by atoms with E-state index in [0.29, 0.717) is 17.7 Å². The van der Waals surface area contributed by atoms with Gasteiger partial charge in [-0.05, 0) is 49.3 Å². The van der Waals surface area contributed by atoms with Gasteiger partial charge in [-0.1, -0.05) is 6.92 Å². The minimum Gasteiger partial charge on any atom is -0.511 e. The number of ketones is 3. The van der Waals surface area contributed by atoms with Gasteiger partial charge in [0.05, 0.1) is 12.7 Å². The van der Waals surface area contributed by atoms with Crippen molar-refractivity contribution in [2.45, 2.75) is 65.2 Å². The lowest BCUT2D eigenvalue weighted by Gasteiger charge is -2.31. The lowest BCUT2D eigenvalue weighted by Crippen LogP contribution is -2.26. The van der Waals surface area contributed by atoms with Crippen molar-refractivity contribution in [2.75, 3.05) is 7.11 Å². The molecule has 0 bridgehead atoms. The third-order valence-corrected chi connectivity index (χ3v) is 5.85. The van der Waals surface area contributed by atoms with Crippen LogP contribution >= 0.6 is 0 Å². The molecule has 144 valence electrons. The summed E-state index contributed by atoms with van der Waals surface area (Å²) in [5.41, 5.74) is 4.35. The van der Waals surface area contributed by atoms with Crippen LogP contribution in [0.15, 0.2) is 11.3 Å². The zero-order chi connectivity index (χ0) is 19.9. The molecule has 0 amide bonds. The van der Waals surface area contributed by atoms with E-state index < -0.39 is 0 Å². The quantitative estimate of drug-likeness (QED) is 0.808. The average molecular weight is 370 g/mol. The van der Waals surface area contributed by atoms with Gasteiger partial charge in [-0.25, -0.2) is 0 Å². The summed E-state index contributed by atoms with van der Waals surface area (Å²) in [5.74, 6) is -0.225. The molecule has 0 saturated heterocycles. The van der Waals surface area contributed by atoms with E-state index in [1.807, 2.05) is 13.8 Å². The van der Waals surface area contributed by atoms with Crippen LogP contribution in [0.4, 0.5) is 0 Å². The highest BCUT2D eigenvalue weighted by Gasteiger charge is 2.36. The highest BCUT2D eigenvalue weighted by Crippen LogP contribution is 2.44. The zero-order valence-corrected chi connectivity index (χ0v) is 16.4. The van der Waals surface area contributed by atoms with Crippen molar-refractivity contribution in [3.8, 4) is 5.75 Å². The van der Waals surface area contributed by atoms with Crippen LogP contribution < -0.4 is 4.74 Å². The molecular formula is C22H26O5. The molecule has 1 N–H and O–H groups in total. The summed E-state index contributed by atoms with van der Waals surface area (Å²) in [4.78, 5) is 37.2. The van der Waals surface area contributed by atoms with Crippen LogP contribution in [0.3, 0.4) is 0 Å². The molecule has 27 heavy (non-hydrogen) atoms. The van der Waals surface area contributed by atoms with E-state index in [4.69, 9.17) is 4.74 Å². The molecule has 5 heteroatoms. The van der Waals surface area contributed by atoms with Crippen molar-refractivity contribution in [2.24, 2.45) is 0 Å². The molecule has 0 saturated carbocycles. The molecule has 0 aromatic heterocycles. The molecule has 0 spiro atoms. The molecule has 0 fully saturated rings. The normalized spacial score (nSPS) is 19.9. The Morgan fingerprint density at radius 3 is 2.41 bits per heavy atom. The van der Waals surface area contributed by atoms with Crippen LogP contribution in [0, 0.1) is 13.8 Å². The van der Waals surface area contributed by atoms with E-state index in [1.54, 1.807) is 14.0 Å². The molecule has 3 rings (SSSR count). The summed E-state index contributed by atoms with van der Waals surface area (Å²) >= 11 is 0. The molecule has 0 radical (unpaired) electrons. The van der Waals surface area contributed by atoms with Crippen LogP contribution in [0.5, 0.6) is 5.75 Å². The fourth-order valence-electron chi connectivity index (χ4n) is 4.74. The van der Waals surface area contributed by atoms with Crippen LogP contribution in [0.2, 0.25) is 0 Å². The maximum Gasteiger partial charge on any atom is 0.170 e. The highest BCUT2D eigenvalue weighted by atomic mass is 16.5. The first-order valence-corrected chi connectivity index (χ1v) is 9.53. The van der Waals surface area contributed by atoms with Crippen molar-refractivity contribution >= 4 is 17.3 Å². The van der Waals surface area contributed by atoms with Gasteiger partial charge >= 0.3 is 0 Å². The predicted octanol–water partition coefficient (Wildman–Crippen LogP) is 4.07. The largest absolute Gasteiger partial charge is 0.511 e. The molecule has 1 unspecified atom stereocenters. The number of allylic oxidation sites excluding steroid dienone is 2. The van der Waals surface area contributed by atoms with Gasteiger partial charge in [0.25, 0.3) is 0 Å². The molecule has 0 heterocycles. The number of ether oxygens (including phenoxy) is 1. The number of aliphatic hydroxyl groups is 1. The second kappa shape index (κ2) is 7.29. The Hall–Kier alpha value is -2.43. The summed E-state index contributed by atoms with van der Waals surface area (Å²) in [6.45, 7) is 5.52. The van der Waals surface area contributed by atoms with Crippen LogP contribution in [0.25, 0.3) is 0 Å². The fourth-order valence-corrected chi connectivity index (χ4v) is 4.74. The topological polar surface area (TPSA) is 80.7 Å². The van der Waals surface area contributed by atoms with Crippen molar-refractivity contribution < 1.29 is 24.2 Å². The maximum absolute atomic E-state index is 12.6. The van der Waals surface area contributed by atoms with Gasteiger partial charge in [0.1, 0.15) is 11.5 Å². The van der Waals surface area contributed by atoms with Crippen molar-refractivity contribution in [3.63, 3.8) is 0 Å². The third kappa shape index (κ3) is 3.09. The van der Waals surface area contributed by atoms with Gasteiger partial charge in [-0.15, -0.1) is 0 Å². The fraction of sp³-hybridized carbons (Fsp3) is 0.500. The molecular weight excluding hydrogens is 344 g/mol. The first kappa shape index (κ1) is 19.3. The summed E-state index contributed by atoms with van der Waals surface area (Å²) in [5, 5.41) is 10.4. The Bertz CT molecular complexity index is 875. The number of carbonyl (C=O) groups excluding carboxylic acids is 3. The summed E-state index contributed by atoms with van der Waals surface area (Å²) in [6.07, 6.45) is 2.67. The van der Waals surface area contributed by atoms with Gasteiger partial charge in [0, 0.05) is 36.8 Å². The minimum atomic E-state index is -0.314. The van der Waals surface area contributed by atoms with Crippen molar-refractivity contribution in [1.29, 1.82) is 0 Å². The van der Waals surface area contributed by atoms with Gasteiger partial charge < -0.3 is 9.84 Å². The van der Waals surface area contributed by atoms with E-state index in [0.717, 1.165) is 35.1 Å². The SMILES string of the molecule is CCC(=O)C1=C(O)CC(c2c(C)c(OC)c(C)c3c2CCCC3=O)CC1=O. The first-order valence-electron chi connectivity index (χ1n) is 9.53. The van der Waals surface area contributed by atoms with E-state index in [1.165, 1.54) is 0 Å². The smallest absolute Gasteiger partial charge is 0.170 e. The number of carbonyl (C=O) groups is 3. The summed E-state index contributed by atoms with van der Waals surface area (Å²) in [7, 11) is 1.58. The molecule has 5 nitrogen and oxygen atoms in total. The second-order valence-corrected chi connectivity index (χ2v) is 7.45. The number of hydrogen-bond acceptors (Lipinski definition) is 5. The number of Topliss-reactive ketones (excluding diaryl/α,β-unsaturated/α-hetero) is 3. The Labute approximate surface area is 159 Å². The predicted molar refractivity (Wildman–Crippen MR) is 102 cm³/mol. The van der Waals surface area contributed by atoms with E-state index in [9.17, 15) is 19.5 Å². The summed E-state index contributed by atoms with van der Waals surface area (Å²) in [6, 6.07) is 0. The first-order chi connectivity index (χ1) is 12.8. The third-order valence-electron chi connectivity index (χ3n) is 5.85. The van der Waals surface area contributed by atoms with Crippen LogP contribution in [0.1, 0.15) is 77.6 Å². The van der Waals surface area contributed by atoms with Crippen LogP contribution in [-0.2, 0) is 16.0 Å². The van der Waals surface area contributed by atoms with E-state index >= 15 is 0 Å². The maximum atomic E-state index is 12.6. The van der Waals surface area contributed by atoms with Gasteiger partial charge in [0.2, 0.25) is 0 Å². The van der Waals surface area contributed by atoms with Gasteiger partial charge in [-0.3, -0.25) is 14.4 Å². The highest BCUT2D eigenvalue weighted by molar-refractivity contribution is 6.21. The van der Waals surface area contributed by atoms with Crippen molar-refractivity contribution in [3.05, 3.63) is 39.1 Å². The Morgan fingerprint density at radius 1 is 1.11 bits per heavy atom. The Morgan fingerprint density at radius 2 is 1.81 bits per heavy atom. The Kier molecular flexibility index (Phi) is 5.22. The van der Waals surface area contributed by atoms with Gasteiger partial charge in [0.15, 0.2) is 17.3 Å². The van der Waals surface area contributed by atoms with Gasteiger partial charge in [-0.2, -0.15) is 0 Å². The molecule has 1 atom stereocenters. The number of hydrogen-bond donors (Lipinski definition) is 1. The molecule has 0 aliphatic heterocycles. The lowest BCUT2D eigenvalue weighted by molar-refractivity contribution is -0.122. The Balaban J connectivity index is 2.17. The molecule has 2 aliphatic rings. The molecule has 1 aromatic rings. The zero-order valence-electron chi connectivity index (χ0n) is 16.4. The summed E-state index contributed by atoms with van der Waals surface area (Å²) < 4.78 is 5.59. The molecule has 2 aliphatic carbocycles. The second-order valence-electron chi connectivity index (χ2n) is 7.45. The number of rotatable bonds is 4. The van der Waals surface area contributed by atoms with Crippen molar-refractivity contribution in [1.82, 2.24) is 0 Å². The number of fused-ring (bicyclic) bond motifs is 1. The minimum absolute atomic E-state index is 0.0459.